The van der Waals surface area contributed by atoms with Gasteiger partial charge in [0.1, 0.15) is 0 Å². The number of aryl methyl sites for hydroxylation is 1. The number of nitrogens with one attached hydrogen (secondary N) is 1. The second-order valence-corrected chi connectivity index (χ2v) is 6.36. The maximum absolute atomic E-state index is 3.61. The van der Waals surface area contributed by atoms with Crippen molar-refractivity contribution in [3.8, 4) is 0 Å². The SMILES string of the molecule is CCNCc1cc(C)ccc1Sc1ccccc1Br. The molecule has 0 spiro atoms. The van der Waals surface area contributed by atoms with Crippen molar-refractivity contribution in [1.82, 2.24) is 5.32 Å². The molecule has 0 amide bonds. The topological polar surface area (TPSA) is 12.0 Å². The highest BCUT2D eigenvalue weighted by atomic mass is 79.9. The number of hydrogen-bond acceptors (Lipinski definition) is 2. The molecule has 0 aliphatic carbocycles. The molecule has 19 heavy (non-hydrogen) atoms. The lowest BCUT2D eigenvalue weighted by atomic mass is 10.1. The molecule has 3 heteroatoms. The van der Waals surface area contributed by atoms with Gasteiger partial charge in [-0.2, -0.15) is 0 Å². The van der Waals surface area contributed by atoms with Crippen molar-refractivity contribution >= 4 is 27.7 Å². The van der Waals surface area contributed by atoms with E-state index in [4.69, 9.17) is 0 Å². The van der Waals surface area contributed by atoms with Crippen molar-refractivity contribution in [3.63, 3.8) is 0 Å². The van der Waals surface area contributed by atoms with E-state index in [1.807, 2.05) is 17.8 Å². The molecule has 0 radical (unpaired) electrons. The van der Waals surface area contributed by atoms with Crippen LogP contribution in [0.3, 0.4) is 0 Å². The zero-order valence-electron chi connectivity index (χ0n) is 11.2. The highest BCUT2D eigenvalue weighted by Gasteiger charge is 2.06. The van der Waals surface area contributed by atoms with Gasteiger partial charge in [-0.3, -0.25) is 0 Å². The van der Waals surface area contributed by atoms with Crippen LogP contribution in [-0.2, 0) is 6.54 Å². The molecule has 0 bridgehead atoms. The van der Waals surface area contributed by atoms with Gasteiger partial charge in [-0.1, -0.05) is 48.5 Å². The Labute approximate surface area is 127 Å². The summed E-state index contributed by atoms with van der Waals surface area (Å²) in [4.78, 5) is 2.57. The Bertz CT molecular complexity index is 554. The maximum Gasteiger partial charge on any atom is 0.0314 e. The van der Waals surface area contributed by atoms with Crippen molar-refractivity contribution in [3.05, 3.63) is 58.1 Å². The van der Waals surface area contributed by atoms with Crippen LogP contribution in [-0.4, -0.2) is 6.54 Å². The van der Waals surface area contributed by atoms with E-state index in [9.17, 15) is 0 Å². The van der Waals surface area contributed by atoms with E-state index in [0.717, 1.165) is 17.6 Å². The number of halogens is 1. The molecular weight excluding hydrogens is 318 g/mol. The fourth-order valence-corrected chi connectivity index (χ4v) is 3.33. The van der Waals surface area contributed by atoms with Crippen LogP contribution in [0.25, 0.3) is 0 Å². The van der Waals surface area contributed by atoms with Crippen LogP contribution in [0.15, 0.2) is 56.7 Å². The van der Waals surface area contributed by atoms with E-state index >= 15 is 0 Å². The Morgan fingerprint density at radius 2 is 1.89 bits per heavy atom. The minimum Gasteiger partial charge on any atom is -0.313 e. The molecule has 0 unspecified atom stereocenters. The Balaban J connectivity index is 2.26. The lowest BCUT2D eigenvalue weighted by Gasteiger charge is -2.11. The zero-order valence-corrected chi connectivity index (χ0v) is 13.6. The van der Waals surface area contributed by atoms with Crippen LogP contribution < -0.4 is 5.32 Å². The summed E-state index contributed by atoms with van der Waals surface area (Å²) in [5.41, 5.74) is 2.67. The van der Waals surface area contributed by atoms with Gasteiger partial charge in [0.25, 0.3) is 0 Å². The van der Waals surface area contributed by atoms with Crippen LogP contribution in [0, 0.1) is 6.92 Å². The summed E-state index contributed by atoms with van der Waals surface area (Å²) < 4.78 is 1.15. The first-order valence-corrected chi connectivity index (χ1v) is 8.04. The molecule has 0 saturated heterocycles. The minimum atomic E-state index is 0.922. The third-order valence-corrected chi connectivity index (χ3v) is 4.99. The van der Waals surface area contributed by atoms with Gasteiger partial charge in [-0.15, -0.1) is 0 Å². The first-order chi connectivity index (χ1) is 9.20. The first kappa shape index (κ1) is 14.6. The van der Waals surface area contributed by atoms with E-state index in [-0.39, 0.29) is 0 Å². The summed E-state index contributed by atoms with van der Waals surface area (Å²) in [5.74, 6) is 0. The van der Waals surface area contributed by atoms with Gasteiger partial charge in [-0.25, -0.2) is 0 Å². The Morgan fingerprint density at radius 3 is 2.63 bits per heavy atom. The van der Waals surface area contributed by atoms with Crippen LogP contribution in [0.4, 0.5) is 0 Å². The highest BCUT2D eigenvalue weighted by molar-refractivity contribution is 9.10. The molecule has 1 N–H and O–H groups in total. The summed E-state index contributed by atoms with van der Waals surface area (Å²) in [6.45, 7) is 6.19. The van der Waals surface area contributed by atoms with E-state index in [1.54, 1.807) is 0 Å². The van der Waals surface area contributed by atoms with Gasteiger partial charge in [0.05, 0.1) is 0 Å². The van der Waals surface area contributed by atoms with Crippen LogP contribution in [0.5, 0.6) is 0 Å². The number of benzene rings is 2. The fraction of sp³-hybridized carbons (Fsp3) is 0.250. The standard InChI is InChI=1S/C16H18BrNS/c1-3-18-11-13-10-12(2)8-9-15(13)19-16-7-5-4-6-14(16)17/h4-10,18H,3,11H2,1-2H3. The van der Waals surface area contributed by atoms with Crippen molar-refractivity contribution < 1.29 is 0 Å². The molecule has 0 heterocycles. The average Bonchev–Trinajstić information content (AvgIpc) is 2.41. The molecule has 1 nitrogen and oxygen atoms in total. The molecule has 0 aliphatic heterocycles. The van der Waals surface area contributed by atoms with E-state index in [0.29, 0.717) is 0 Å². The van der Waals surface area contributed by atoms with Gasteiger partial charge in [0.2, 0.25) is 0 Å². The van der Waals surface area contributed by atoms with Crippen LogP contribution in [0.2, 0.25) is 0 Å². The third-order valence-electron chi connectivity index (χ3n) is 2.84. The summed E-state index contributed by atoms with van der Waals surface area (Å²) in [6, 6.07) is 15.0. The zero-order chi connectivity index (χ0) is 13.7. The van der Waals surface area contributed by atoms with Gasteiger partial charge in [0, 0.05) is 20.8 Å². The minimum absolute atomic E-state index is 0.922. The number of rotatable bonds is 5. The summed E-state index contributed by atoms with van der Waals surface area (Å²) in [7, 11) is 0. The molecule has 2 aromatic rings. The van der Waals surface area contributed by atoms with Crippen molar-refractivity contribution in [2.45, 2.75) is 30.2 Å². The average molecular weight is 336 g/mol. The van der Waals surface area contributed by atoms with Crippen LogP contribution >= 0.6 is 27.7 Å². The molecule has 100 valence electrons. The molecule has 0 fully saturated rings. The normalized spacial score (nSPS) is 10.7. The van der Waals surface area contributed by atoms with Crippen molar-refractivity contribution in [2.24, 2.45) is 0 Å². The second kappa shape index (κ2) is 7.13. The number of hydrogen-bond donors (Lipinski definition) is 1. The lowest BCUT2D eigenvalue weighted by Crippen LogP contribution is -2.12. The molecule has 0 aromatic heterocycles. The van der Waals surface area contributed by atoms with E-state index in [1.165, 1.54) is 20.9 Å². The Kier molecular flexibility index (Phi) is 5.49. The quantitative estimate of drug-likeness (QED) is 0.823. The fourth-order valence-electron chi connectivity index (χ4n) is 1.85. The van der Waals surface area contributed by atoms with E-state index in [2.05, 4.69) is 71.5 Å². The molecule has 2 aromatic carbocycles. The second-order valence-electron chi connectivity index (χ2n) is 4.42. The highest BCUT2D eigenvalue weighted by Crippen LogP contribution is 2.35. The van der Waals surface area contributed by atoms with Crippen molar-refractivity contribution in [1.29, 1.82) is 0 Å². The lowest BCUT2D eigenvalue weighted by molar-refractivity contribution is 0.717. The third kappa shape index (κ3) is 4.10. The van der Waals surface area contributed by atoms with Gasteiger partial charge in [0.15, 0.2) is 0 Å². The largest absolute Gasteiger partial charge is 0.313 e. The molecule has 0 aliphatic rings. The molecular formula is C16H18BrNS. The monoisotopic (exact) mass is 335 g/mol. The smallest absolute Gasteiger partial charge is 0.0314 e. The molecule has 0 atom stereocenters. The molecule has 0 saturated carbocycles. The molecule has 2 rings (SSSR count). The Hall–Kier alpha value is -0.770. The summed E-state index contributed by atoms with van der Waals surface area (Å²) in [5, 5.41) is 3.41. The van der Waals surface area contributed by atoms with Crippen molar-refractivity contribution in [2.75, 3.05) is 6.54 Å². The van der Waals surface area contributed by atoms with Gasteiger partial charge >= 0.3 is 0 Å². The van der Waals surface area contributed by atoms with Gasteiger partial charge < -0.3 is 5.32 Å². The summed E-state index contributed by atoms with van der Waals surface area (Å²) >= 11 is 5.42. The first-order valence-electron chi connectivity index (χ1n) is 6.43. The Morgan fingerprint density at radius 1 is 1.11 bits per heavy atom. The van der Waals surface area contributed by atoms with E-state index < -0.39 is 0 Å². The predicted molar refractivity (Wildman–Crippen MR) is 86.8 cm³/mol. The summed E-state index contributed by atoms with van der Waals surface area (Å²) in [6.07, 6.45) is 0. The maximum atomic E-state index is 3.61. The van der Waals surface area contributed by atoms with Gasteiger partial charge in [-0.05, 0) is 53.2 Å². The predicted octanol–water partition coefficient (Wildman–Crippen LogP) is 5.02. The van der Waals surface area contributed by atoms with Crippen LogP contribution in [0.1, 0.15) is 18.1 Å².